The van der Waals surface area contributed by atoms with Crippen molar-refractivity contribution in [1.82, 2.24) is 0 Å². The Balaban J connectivity index is 1.38. The van der Waals surface area contributed by atoms with Gasteiger partial charge in [0.15, 0.2) is 0 Å². The molecule has 2 N–H and O–H groups in total. The van der Waals surface area contributed by atoms with E-state index >= 15 is 0 Å². The molecule has 3 rings (SSSR count). The third-order valence-electron chi connectivity index (χ3n) is 4.46. The molecule has 0 aliphatic heterocycles. The van der Waals surface area contributed by atoms with Crippen LogP contribution in [-0.4, -0.2) is 25.7 Å². The van der Waals surface area contributed by atoms with Crippen LogP contribution in [0.15, 0.2) is 78.9 Å². The lowest BCUT2D eigenvalue weighted by Gasteiger charge is -2.10. The number of hydrogen-bond donors (Lipinski definition) is 2. The highest BCUT2D eigenvalue weighted by Gasteiger charge is 2.04. The van der Waals surface area contributed by atoms with E-state index in [2.05, 4.69) is 34.9 Å². The predicted octanol–water partition coefficient (Wildman–Crippen LogP) is 5.15. The number of aryl methyl sites for hydroxylation is 1. The third kappa shape index (κ3) is 7.17. The third-order valence-corrected chi connectivity index (χ3v) is 4.46. The fourth-order valence-electron chi connectivity index (χ4n) is 3.00. The molecule has 0 saturated carbocycles. The van der Waals surface area contributed by atoms with E-state index in [1.165, 1.54) is 5.56 Å². The van der Waals surface area contributed by atoms with Gasteiger partial charge in [-0.3, -0.25) is 4.79 Å². The maximum atomic E-state index is 12.2. The molecule has 3 aromatic carbocycles. The van der Waals surface area contributed by atoms with Crippen LogP contribution in [-0.2, 0) is 11.2 Å². The number of nitrogens with one attached hydrogen (secondary N) is 2. The molecule has 0 saturated heterocycles. The lowest BCUT2D eigenvalue weighted by molar-refractivity contribution is -0.114. The summed E-state index contributed by atoms with van der Waals surface area (Å²) in [4.78, 5) is 12.2. The molecular formula is C25H28N2O3. The first-order valence-corrected chi connectivity index (χ1v) is 10.3. The van der Waals surface area contributed by atoms with Gasteiger partial charge in [-0.1, -0.05) is 36.4 Å². The van der Waals surface area contributed by atoms with E-state index in [0.717, 1.165) is 35.7 Å². The first kappa shape index (κ1) is 21.2. The summed E-state index contributed by atoms with van der Waals surface area (Å²) in [7, 11) is 0. The maximum absolute atomic E-state index is 12.2. The van der Waals surface area contributed by atoms with Gasteiger partial charge in [0.2, 0.25) is 5.91 Å². The number of hydrogen-bond acceptors (Lipinski definition) is 4. The normalized spacial score (nSPS) is 10.3. The Morgan fingerprint density at radius 1 is 0.833 bits per heavy atom. The smallest absolute Gasteiger partial charge is 0.243 e. The highest BCUT2D eigenvalue weighted by atomic mass is 16.5. The summed E-state index contributed by atoms with van der Waals surface area (Å²) < 4.78 is 11.3. The minimum atomic E-state index is -0.117. The zero-order valence-electron chi connectivity index (χ0n) is 17.3. The highest BCUT2D eigenvalue weighted by Crippen LogP contribution is 2.18. The van der Waals surface area contributed by atoms with Crippen molar-refractivity contribution in [2.45, 2.75) is 19.8 Å². The number of rotatable bonds is 11. The predicted molar refractivity (Wildman–Crippen MR) is 121 cm³/mol. The van der Waals surface area contributed by atoms with E-state index in [1.54, 1.807) is 0 Å². The molecule has 0 aromatic heterocycles. The molecule has 0 heterocycles. The monoisotopic (exact) mass is 404 g/mol. The molecule has 3 aromatic rings. The quantitative estimate of drug-likeness (QED) is 0.434. The van der Waals surface area contributed by atoms with Crippen LogP contribution in [0.2, 0.25) is 0 Å². The van der Waals surface area contributed by atoms with Gasteiger partial charge in [0.25, 0.3) is 0 Å². The summed E-state index contributed by atoms with van der Waals surface area (Å²) in [6.07, 6.45) is 1.95. The van der Waals surface area contributed by atoms with Crippen LogP contribution in [0.3, 0.4) is 0 Å². The van der Waals surface area contributed by atoms with Crippen molar-refractivity contribution >= 4 is 17.3 Å². The minimum Gasteiger partial charge on any atom is -0.494 e. The molecule has 0 spiro atoms. The van der Waals surface area contributed by atoms with Crippen molar-refractivity contribution in [1.29, 1.82) is 0 Å². The van der Waals surface area contributed by atoms with Gasteiger partial charge < -0.3 is 20.1 Å². The summed E-state index contributed by atoms with van der Waals surface area (Å²) in [5.41, 5.74) is 2.90. The number of benzene rings is 3. The molecule has 30 heavy (non-hydrogen) atoms. The van der Waals surface area contributed by atoms with Crippen LogP contribution in [0.1, 0.15) is 18.9 Å². The molecule has 0 fully saturated rings. The Labute approximate surface area is 178 Å². The molecule has 0 radical (unpaired) electrons. The second kappa shape index (κ2) is 11.5. The molecule has 0 bridgehead atoms. The number of carbonyl (C=O) groups is 1. The Morgan fingerprint density at radius 3 is 2.40 bits per heavy atom. The molecular weight excluding hydrogens is 376 g/mol. The first-order valence-electron chi connectivity index (χ1n) is 10.3. The van der Waals surface area contributed by atoms with E-state index < -0.39 is 0 Å². The van der Waals surface area contributed by atoms with Crippen LogP contribution in [0, 0.1) is 0 Å². The van der Waals surface area contributed by atoms with Crippen LogP contribution in [0.25, 0.3) is 0 Å². The maximum Gasteiger partial charge on any atom is 0.243 e. The van der Waals surface area contributed by atoms with Crippen molar-refractivity contribution in [3.63, 3.8) is 0 Å². The molecule has 0 aliphatic rings. The summed E-state index contributed by atoms with van der Waals surface area (Å²) in [5, 5.41) is 5.99. The van der Waals surface area contributed by atoms with Crippen LogP contribution < -0.4 is 20.1 Å². The SMILES string of the molecule is CCOc1cccc(NCC(=O)Nc2ccc(OCCCc3ccccc3)cc2)c1. The lowest BCUT2D eigenvalue weighted by atomic mass is 10.1. The van der Waals surface area contributed by atoms with Gasteiger partial charge >= 0.3 is 0 Å². The molecule has 0 unspecified atom stereocenters. The van der Waals surface area contributed by atoms with E-state index in [1.807, 2.05) is 61.5 Å². The van der Waals surface area contributed by atoms with E-state index in [0.29, 0.717) is 13.2 Å². The fraction of sp³-hybridized carbons (Fsp3) is 0.240. The Bertz CT molecular complexity index is 911. The fourth-order valence-corrected chi connectivity index (χ4v) is 3.00. The standard InChI is InChI=1S/C25H28N2O3/c1-2-29-24-12-6-11-22(18-24)26-19-25(28)27-21-13-15-23(16-14-21)30-17-7-10-20-8-4-3-5-9-20/h3-6,8-9,11-16,18,26H,2,7,10,17,19H2,1H3,(H,27,28). The molecule has 1 amide bonds. The van der Waals surface area contributed by atoms with Gasteiger partial charge in [0.1, 0.15) is 11.5 Å². The first-order chi connectivity index (χ1) is 14.7. The van der Waals surface area contributed by atoms with Crippen LogP contribution >= 0.6 is 0 Å². The molecule has 0 atom stereocenters. The van der Waals surface area contributed by atoms with Crippen LogP contribution in [0.5, 0.6) is 11.5 Å². The number of amides is 1. The van der Waals surface area contributed by atoms with Crippen molar-refractivity contribution in [2.24, 2.45) is 0 Å². The average Bonchev–Trinajstić information content (AvgIpc) is 2.78. The lowest BCUT2D eigenvalue weighted by Crippen LogP contribution is -2.21. The number of ether oxygens (including phenoxy) is 2. The van der Waals surface area contributed by atoms with Gasteiger partial charge in [-0.25, -0.2) is 0 Å². The van der Waals surface area contributed by atoms with E-state index in [9.17, 15) is 4.79 Å². The Kier molecular flexibility index (Phi) is 8.15. The molecule has 156 valence electrons. The minimum absolute atomic E-state index is 0.117. The second-order valence-corrected chi connectivity index (χ2v) is 6.82. The molecule has 5 nitrogen and oxygen atoms in total. The van der Waals surface area contributed by atoms with Gasteiger partial charge in [-0.2, -0.15) is 0 Å². The molecule has 0 aliphatic carbocycles. The second-order valence-electron chi connectivity index (χ2n) is 6.82. The summed E-state index contributed by atoms with van der Waals surface area (Å²) in [6, 6.07) is 25.4. The van der Waals surface area contributed by atoms with Gasteiger partial charge in [0, 0.05) is 17.4 Å². The van der Waals surface area contributed by atoms with Crippen molar-refractivity contribution in [2.75, 3.05) is 30.4 Å². The van der Waals surface area contributed by atoms with E-state index in [4.69, 9.17) is 9.47 Å². The molecule has 5 heteroatoms. The average molecular weight is 405 g/mol. The van der Waals surface area contributed by atoms with Gasteiger partial charge in [-0.15, -0.1) is 0 Å². The Hall–Kier alpha value is -3.47. The van der Waals surface area contributed by atoms with Crippen molar-refractivity contribution in [3.8, 4) is 11.5 Å². The summed E-state index contributed by atoms with van der Waals surface area (Å²) in [6.45, 7) is 3.38. The van der Waals surface area contributed by atoms with Crippen molar-refractivity contribution in [3.05, 3.63) is 84.4 Å². The van der Waals surface area contributed by atoms with Gasteiger partial charge in [0.05, 0.1) is 19.8 Å². The Morgan fingerprint density at radius 2 is 1.63 bits per heavy atom. The summed E-state index contributed by atoms with van der Waals surface area (Å²) in [5.74, 6) is 1.46. The number of carbonyl (C=O) groups excluding carboxylic acids is 1. The number of anilines is 2. The zero-order valence-corrected chi connectivity index (χ0v) is 17.3. The topological polar surface area (TPSA) is 59.6 Å². The van der Waals surface area contributed by atoms with Gasteiger partial charge in [-0.05, 0) is 61.7 Å². The van der Waals surface area contributed by atoms with Crippen molar-refractivity contribution < 1.29 is 14.3 Å². The largest absolute Gasteiger partial charge is 0.494 e. The summed E-state index contributed by atoms with van der Waals surface area (Å²) >= 11 is 0. The highest BCUT2D eigenvalue weighted by molar-refractivity contribution is 5.93. The zero-order chi connectivity index (χ0) is 21.0. The van der Waals surface area contributed by atoms with E-state index in [-0.39, 0.29) is 12.5 Å². The van der Waals surface area contributed by atoms with Crippen LogP contribution in [0.4, 0.5) is 11.4 Å².